The molecule has 1 saturated heterocycles. The molecule has 0 aromatic heterocycles. The van der Waals surface area contributed by atoms with Gasteiger partial charge in [0.1, 0.15) is 23.0 Å². The zero-order chi connectivity index (χ0) is 20.3. The van der Waals surface area contributed by atoms with Crippen LogP contribution in [0.25, 0.3) is 0 Å². The Kier molecular flexibility index (Phi) is 6.57. The lowest BCUT2D eigenvalue weighted by molar-refractivity contribution is -0.105. The molecule has 0 saturated carbocycles. The maximum Gasteiger partial charge on any atom is 0.149 e. The Morgan fingerprint density at radius 3 is 2.82 bits per heavy atom. The highest BCUT2D eigenvalue weighted by atomic mass is 127. The maximum atomic E-state index is 13.7. The van der Waals surface area contributed by atoms with Gasteiger partial charge in [-0.1, -0.05) is 0 Å². The number of hydrogen-bond acceptors (Lipinski definition) is 4. The van der Waals surface area contributed by atoms with Gasteiger partial charge >= 0.3 is 0 Å². The number of hydrogen-bond donors (Lipinski definition) is 2. The van der Waals surface area contributed by atoms with Gasteiger partial charge in [-0.05, 0) is 85.7 Å². The first-order chi connectivity index (χ1) is 13.3. The Morgan fingerprint density at radius 1 is 1.32 bits per heavy atom. The third-order valence-electron chi connectivity index (χ3n) is 4.54. The first-order valence-electron chi connectivity index (χ1n) is 9.19. The summed E-state index contributed by atoms with van der Waals surface area (Å²) >= 11 is 1.95. The van der Waals surface area contributed by atoms with Crippen LogP contribution in [0.5, 0.6) is 11.5 Å². The van der Waals surface area contributed by atoms with E-state index >= 15 is 0 Å². The monoisotopic (exact) mass is 497 g/mol. The zero-order valence-corrected chi connectivity index (χ0v) is 18.6. The summed E-state index contributed by atoms with van der Waals surface area (Å²) in [4.78, 5) is 4.54. The highest BCUT2D eigenvalue weighted by Crippen LogP contribution is 2.32. The van der Waals surface area contributed by atoms with Crippen LogP contribution in [-0.4, -0.2) is 31.3 Å². The SMILES string of the molecule is Cc1cc(Oc2ccc(I)c(F)c2)c(C)cc1/N=C/NC1(C)CNCC(C)O1. The van der Waals surface area contributed by atoms with Crippen molar-refractivity contribution in [2.24, 2.45) is 4.99 Å². The van der Waals surface area contributed by atoms with Crippen LogP contribution in [0.2, 0.25) is 0 Å². The van der Waals surface area contributed by atoms with Crippen LogP contribution in [0.4, 0.5) is 10.1 Å². The largest absolute Gasteiger partial charge is 0.457 e. The average molecular weight is 497 g/mol. The van der Waals surface area contributed by atoms with Crippen molar-refractivity contribution >= 4 is 34.6 Å². The first-order valence-corrected chi connectivity index (χ1v) is 10.3. The fraction of sp³-hybridized carbons (Fsp3) is 0.381. The van der Waals surface area contributed by atoms with Crippen molar-refractivity contribution in [3.05, 3.63) is 50.8 Å². The van der Waals surface area contributed by atoms with E-state index in [0.29, 0.717) is 21.6 Å². The third kappa shape index (κ3) is 5.21. The summed E-state index contributed by atoms with van der Waals surface area (Å²) in [6.07, 6.45) is 1.82. The van der Waals surface area contributed by atoms with E-state index in [9.17, 15) is 4.39 Å². The summed E-state index contributed by atoms with van der Waals surface area (Å²) in [7, 11) is 0. The molecular weight excluding hydrogens is 472 g/mol. The van der Waals surface area contributed by atoms with Gasteiger partial charge in [0.2, 0.25) is 0 Å². The quantitative estimate of drug-likeness (QED) is 0.354. The molecule has 1 fully saturated rings. The molecule has 0 aliphatic carbocycles. The van der Waals surface area contributed by atoms with Crippen LogP contribution in [0, 0.1) is 23.2 Å². The number of halogens is 2. The van der Waals surface area contributed by atoms with Crippen LogP contribution in [0.1, 0.15) is 25.0 Å². The van der Waals surface area contributed by atoms with Crippen molar-refractivity contribution in [1.82, 2.24) is 10.6 Å². The smallest absolute Gasteiger partial charge is 0.149 e. The normalized spacial score (nSPS) is 22.4. The first kappa shape index (κ1) is 21.0. The van der Waals surface area contributed by atoms with Gasteiger partial charge in [-0.3, -0.25) is 0 Å². The number of rotatable bonds is 5. The van der Waals surface area contributed by atoms with E-state index in [-0.39, 0.29) is 11.9 Å². The van der Waals surface area contributed by atoms with E-state index < -0.39 is 5.72 Å². The second-order valence-electron chi connectivity index (χ2n) is 7.27. The Hall–Kier alpha value is -1.71. The molecule has 2 N–H and O–H groups in total. The standard InChI is InChI=1S/C21H25FIN3O2/c1-13-8-20(27-16-5-6-18(23)17(22)9-16)14(2)7-19(13)25-12-26-21(4)11-24-10-15(3)28-21/h5-9,12,15,24H,10-11H2,1-4H3,(H,25,26). The van der Waals surface area contributed by atoms with Crippen molar-refractivity contribution in [2.75, 3.05) is 13.1 Å². The van der Waals surface area contributed by atoms with Crippen LogP contribution >= 0.6 is 22.6 Å². The minimum Gasteiger partial charge on any atom is -0.457 e. The van der Waals surface area contributed by atoms with E-state index in [1.54, 1.807) is 18.5 Å². The van der Waals surface area contributed by atoms with Crippen LogP contribution in [0.15, 0.2) is 35.3 Å². The number of aryl methyl sites for hydroxylation is 2. The van der Waals surface area contributed by atoms with E-state index in [1.807, 2.05) is 62.4 Å². The lowest BCUT2D eigenvalue weighted by Gasteiger charge is -2.37. The minimum absolute atomic E-state index is 0.145. The Labute approximate surface area is 178 Å². The van der Waals surface area contributed by atoms with Crippen LogP contribution < -0.4 is 15.4 Å². The molecule has 1 aliphatic heterocycles. The van der Waals surface area contributed by atoms with E-state index in [1.165, 1.54) is 6.07 Å². The van der Waals surface area contributed by atoms with Gasteiger partial charge in [0, 0.05) is 22.7 Å². The van der Waals surface area contributed by atoms with Crippen molar-refractivity contribution in [1.29, 1.82) is 0 Å². The molecule has 1 heterocycles. The highest BCUT2D eigenvalue weighted by molar-refractivity contribution is 14.1. The summed E-state index contributed by atoms with van der Waals surface area (Å²) in [5, 5.41) is 6.58. The summed E-state index contributed by atoms with van der Waals surface area (Å²) in [6.45, 7) is 9.50. The zero-order valence-electron chi connectivity index (χ0n) is 16.5. The van der Waals surface area contributed by atoms with Crippen molar-refractivity contribution in [2.45, 2.75) is 39.5 Å². The lowest BCUT2D eigenvalue weighted by atomic mass is 10.1. The van der Waals surface area contributed by atoms with Gasteiger partial charge in [0.25, 0.3) is 0 Å². The molecule has 0 bridgehead atoms. The lowest BCUT2D eigenvalue weighted by Crippen LogP contribution is -2.58. The van der Waals surface area contributed by atoms with Crippen molar-refractivity contribution in [3.8, 4) is 11.5 Å². The van der Waals surface area contributed by atoms with Crippen LogP contribution in [-0.2, 0) is 4.74 Å². The molecule has 5 nitrogen and oxygen atoms in total. The van der Waals surface area contributed by atoms with E-state index in [2.05, 4.69) is 15.6 Å². The molecule has 3 rings (SSSR count). The molecule has 0 amide bonds. The molecule has 2 unspecified atom stereocenters. The van der Waals surface area contributed by atoms with Gasteiger partial charge in [0.15, 0.2) is 0 Å². The molecule has 0 radical (unpaired) electrons. The van der Waals surface area contributed by atoms with Crippen LogP contribution in [0.3, 0.4) is 0 Å². The van der Waals surface area contributed by atoms with Gasteiger partial charge in [-0.25, -0.2) is 9.38 Å². The number of benzene rings is 2. The minimum atomic E-state index is -0.484. The topological polar surface area (TPSA) is 54.9 Å². The number of ether oxygens (including phenoxy) is 2. The van der Waals surface area contributed by atoms with Crippen molar-refractivity contribution < 1.29 is 13.9 Å². The average Bonchev–Trinajstić information content (AvgIpc) is 2.62. The highest BCUT2D eigenvalue weighted by Gasteiger charge is 2.29. The van der Waals surface area contributed by atoms with E-state index in [4.69, 9.17) is 9.47 Å². The molecule has 1 aliphatic rings. The molecule has 2 atom stereocenters. The predicted molar refractivity (Wildman–Crippen MR) is 118 cm³/mol. The second kappa shape index (κ2) is 8.75. The fourth-order valence-corrected chi connectivity index (χ4v) is 3.39. The maximum absolute atomic E-state index is 13.7. The molecule has 150 valence electrons. The molecule has 2 aromatic rings. The molecule has 0 spiro atoms. The third-order valence-corrected chi connectivity index (χ3v) is 5.42. The fourth-order valence-electron chi connectivity index (χ4n) is 3.06. The summed E-state index contributed by atoms with van der Waals surface area (Å²) in [5.74, 6) is 0.870. The van der Waals surface area contributed by atoms with Gasteiger partial charge in [-0.2, -0.15) is 0 Å². The second-order valence-corrected chi connectivity index (χ2v) is 8.44. The Bertz CT molecular complexity index is 890. The van der Waals surface area contributed by atoms with Gasteiger partial charge < -0.3 is 20.1 Å². The van der Waals surface area contributed by atoms with E-state index in [0.717, 1.165) is 23.4 Å². The van der Waals surface area contributed by atoms with Gasteiger partial charge in [0.05, 0.1) is 18.1 Å². The number of morpholine rings is 1. The molecule has 7 heteroatoms. The number of aliphatic imine (C=N–C) groups is 1. The summed E-state index contributed by atoms with van der Waals surface area (Å²) in [5.41, 5.74) is 2.24. The number of nitrogens with one attached hydrogen (secondary N) is 2. The molecular formula is C21H25FIN3O2. The summed E-state index contributed by atoms with van der Waals surface area (Å²) in [6, 6.07) is 8.72. The Morgan fingerprint density at radius 2 is 2.11 bits per heavy atom. The summed E-state index contributed by atoms with van der Waals surface area (Å²) < 4.78 is 26.1. The molecule has 2 aromatic carbocycles. The van der Waals surface area contributed by atoms with Gasteiger partial charge in [-0.15, -0.1) is 0 Å². The Balaban J connectivity index is 1.71. The number of nitrogens with zero attached hydrogens (tertiary/aromatic N) is 1. The van der Waals surface area contributed by atoms with Crippen molar-refractivity contribution in [3.63, 3.8) is 0 Å². The molecule has 28 heavy (non-hydrogen) atoms. The predicted octanol–water partition coefficient (Wildman–Crippen LogP) is 4.81.